The van der Waals surface area contributed by atoms with E-state index in [1.165, 1.54) is 29.2 Å². The number of H-pyrrole nitrogens is 1. The van der Waals surface area contributed by atoms with Gasteiger partial charge in [-0.05, 0) is 49.7 Å². The van der Waals surface area contributed by atoms with Crippen LogP contribution in [0.5, 0.6) is 0 Å². The van der Waals surface area contributed by atoms with Crippen molar-refractivity contribution in [1.82, 2.24) is 10.1 Å². The predicted molar refractivity (Wildman–Crippen MR) is 141 cm³/mol. The third-order valence-electron chi connectivity index (χ3n) is 5.63. The van der Waals surface area contributed by atoms with Crippen molar-refractivity contribution in [2.45, 2.75) is 32.8 Å². The van der Waals surface area contributed by atoms with E-state index in [0.717, 1.165) is 12.5 Å². The minimum Gasteiger partial charge on any atom is -0.481 e. The van der Waals surface area contributed by atoms with Crippen LogP contribution in [0.2, 0.25) is 0 Å². The second kappa shape index (κ2) is 13.4. The molecule has 0 spiro atoms. The van der Waals surface area contributed by atoms with Crippen molar-refractivity contribution in [3.05, 3.63) is 64.6 Å². The lowest BCUT2D eigenvalue weighted by molar-refractivity contribution is -0.160. The number of alkyl halides is 1. The maximum absolute atomic E-state index is 13.7. The summed E-state index contributed by atoms with van der Waals surface area (Å²) in [7, 11) is 0. The highest BCUT2D eigenvalue weighted by atomic mass is 35.5. The molecule has 0 aliphatic carbocycles. The highest BCUT2D eigenvalue weighted by Crippen LogP contribution is 2.24. The average Bonchev–Trinajstić information content (AvgIpc) is 3.33. The summed E-state index contributed by atoms with van der Waals surface area (Å²) < 4.78 is 9.75. The SMILES string of the molecule is CC(=O)O[C@@H](C(=O)N(CCCCl)c1ccc(C)cc1)[C@@H](CC(=O)O)C(=O)Nc1ccc(-c2noc(=O)[nH]2)cc1. The van der Waals surface area contributed by atoms with Crippen molar-refractivity contribution < 1.29 is 33.5 Å². The zero-order chi connectivity index (χ0) is 28.5. The number of nitrogens with zero attached hydrogens (tertiary/aromatic N) is 2. The smallest absolute Gasteiger partial charge is 0.439 e. The first-order chi connectivity index (χ1) is 18.6. The number of carbonyl (C=O) groups excluding carboxylic acids is 3. The van der Waals surface area contributed by atoms with Gasteiger partial charge >= 0.3 is 17.7 Å². The molecule has 0 aliphatic rings. The van der Waals surface area contributed by atoms with Gasteiger partial charge in [-0.25, -0.2) is 4.79 Å². The van der Waals surface area contributed by atoms with E-state index in [0.29, 0.717) is 17.7 Å². The molecule has 2 atom stereocenters. The molecule has 206 valence electrons. The zero-order valence-electron chi connectivity index (χ0n) is 21.2. The zero-order valence-corrected chi connectivity index (χ0v) is 21.9. The molecule has 39 heavy (non-hydrogen) atoms. The number of aromatic amines is 1. The fraction of sp³-hybridized carbons (Fsp3) is 0.308. The minimum absolute atomic E-state index is 0.149. The van der Waals surface area contributed by atoms with Gasteiger partial charge in [0.25, 0.3) is 5.91 Å². The maximum atomic E-state index is 13.7. The number of anilines is 2. The number of aromatic nitrogens is 2. The van der Waals surface area contributed by atoms with E-state index in [-0.39, 0.29) is 23.9 Å². The Morgan fingerprint density at radius 2 is 1.79 bits per heavy atom. The van der Waals surface area contributed by atoms with Gasteiger partial charge in [0, 0.05) is 36.3 Å². The van der Waals surface area contributed by atoms with E-state index in [1.807, 2.05) is 6.92 Å². The molecule has 0 aliphatic heterocycles. The van der Waals surface area contributed by atoms with Gasteiger partial charge in [0.15, 0.2) is 11.9 Å². The lowest BCUT2D eigenvalue weighted by Gasteiger charge is -2.30. The molecule has 3 N–H and O–H groups in total. The molecular formula is C26H27ClN4O8. The number of hydrogen-bond acceptors (Lipinski definition) is 8. The summed E-state index contributed by atoms with van der Waals surface area (Å²) in [5, 5.41) is 15.7. The Labute approximate surface area is 227 Å². The molecule has 0 saturated heterocycles. The Morgan fingerprint density at radius 3 is 2.33 bits per heavy atom. The van der Waals surface area contributed by atoms with Crippen LogP contribution in [0.15, 0.2) is 57.8 Å². The lowest BCUT2D eigenvalue weighted by atomic mass is 9.95. The van der Waals surface area contributed by atoms with Crippen molar-refractivity contribution in [2.24, 2.45) is 5.92 Å². The molecule has 0 bridgehead atoms. The monoisotopic (exact) mass is 558 g/mol. The van der Waals surface area contributed by atoms with E-state index < -0.39 is 48.0 Å². The third-order valence-corrected chi connectivity index (χ3v) is 5.89. The van der Waals surface area contributed by atoms with Crippen LogP contribution in [0.4, 0.5) is 11.4 Å². The van der Waals surface area contributed by atoms with E-state index in [9.17, 15) is 29.1 Å². The standard InChI is InChI=1S/C26H27ClN4O8/c1-15-4-10-19(11-5-15)31(13-3-12-27)25(36)22(38-16(2)32)20(14-21(33)34)24(35)28-18-8-6-17(7-9-18)23-29-26(37)39-30-23/h4-11,20,22H,3,12-14H2,1-2H3,(H,28,35)(H,33,34)(H,29,30,37)/t20-,22-/m1/s1. The third kappa shape index (κ3) is 8.01. The van der Waals surface area contributed by atoms with Gasteiger partial charge in [0.2, 0.25) is 5.91 Å². The van der Waals surface area contributed by atoms with Gasteiger partial charge in [0.1, 0.15) is 0 Å². The second-order valence-corrected chi connectivity index (χ2v) is 8.99. The van der Waals surface area contributed by atoms with E-state index in [4.69, 9.17) is 16.3 Å². The van der Waals surface area contributed by atoms with Crippen molar-refractivity contribution in [1.29, 1.82) is 0 Å². The first-order valence-electron chi connectivity index (χ1n) is 11.9. The average molecular weight is 559 g/mol. The summed E-state index contributed by atoms with van der Waals surface area (Å²) in [6.07, 6.45) is -2.12. The number of halogens is 1. The first-order valence-corrected chi connectivity index (χ1v) is 12.4. The fourth-order valence-corrected chi connectivity index (χ4v) is 3.89. The first kappa shape index (κ1) is 29.1. The topological polar surface area (TPSA) is 172 Å². The summed E-state index contributed by atoms with van der Waals surface area (Å²) >= 11 is 5.86. The van der Waals surface area contributed by atoms with Crippen LogP contribution < -0.4 is 16.0 Å². The molecule has 12 nitrogen and oxygen atoms in total. The number of nitrogens with one attached hydrogen (secondary N) is 2. The number of aryl methyl sites for hydroxylation is 1. The summed E-state index contributed by atoms with van der Waals surface area (Å²) in [6.45, 7) is 3.09. The van der Waals surface area contributed by atoms with Gasteiger partial charge in [-0.15, -0.1) is 11.6 Å². The normalized spacial score (nSPS) is 12.3. The summed E-state index contributed by atoms with van der Waals surface area (Å²) in [4.78, 5) is 65.7. The molecule has 3 aromatic rings. The highest BCUT2D eigenvalue weighted by molar-refractivity contribution is 6.17. The predicted octanol–water partition coefficient (Wildman–Crippen LogP) is 2.96. The molecule has 0 fully saturated rings. The van der Waals surface area contributed by atoms with Crippen molar-refractivity contribution in [3.8, 4) is 11.4 Å². The molecule has 2 aromatic carbocycles. The van der Waals surface area contributed by atoms with Crippen molar-refractivity contribution >= 4 is 46.7 Å². The van der Waals surface area contributed by atoms with Gasteiger partial charge in [0.05, 0.1) is 12.3 Å². The van der Waals surface area contributed by atoms with Gasteiger partial charge in [-0.2, -0.15) is 0 Å². The van der Waals surface area contributed by atoms with Crippen LogP contribution in [0.3, 0.4) is 0 Å². The van der Waals surface area contributed by atoms with Crippen molar-refractivity contribution in [3.63, 3.8) is 0 Å². The molecule has 0 radical (unpaired) electrons. The van der Waals surface area contributed by atoms with E-state index >= 15 is 0 Å². The Balaban J connectivity index is 1.91. The number of hydrogen-bond donors (Lipinski definition) is 3. The number of ether oxygens (including phenoxy) is 1. The molecule has 2 amide bonds. The minimum atomic E-state index is -1.73. The number of rotatable bonds is 12. The molecule has 0 saturated carbocycles. The molecule has 1 aromatic heterocycles. The largest absolute Gasteiger partial charge is 0.481 e. The molecule has 1 heterocycles. The fourth-order valence-electron chi connectivity index (χ4n) is 3.77. The van der Waals surface area contributed by atoms with Crippen LogP contribution in [0.1, 0.15) is 25.3 Å². The van der Waals surface area contributed by atoms with Crippen LogP contribution in [-0.4, -0.2) is 57.5 Å². The van der Waals surface area contributed by atoms with Crippen LogP contribution in [0.25, 0.3) is 11.4 Å². The number of aliphatic carboxylic acids is 1. The molecule has 13 heteroatoms. The van der Waals surface area contributed by atoms with Crippen LogP contribution >= 0.6 is 11.6 Å². The highest BCUT2D eigenvalue weighted by Gasteiger charge is 2.40. The Bertz CT molecular complexity index is 1370. The second-order valence-electron chi connectivity index (χ2n) is 8.61. The lowest BCUT2D eigenvalue weighted by Crippen LogP contribution is -2.49. The number of carboxylic acid groups (broad SMARTS) is 1. The number of carboxylic acids is 1. The summed E-state index contributed by atoms with van der Waals surface area (Å²) in [5.74, 6) is -5.70. The molecule has 3 rings (SSSR count). The summed E-state index contributed by atoms with van der Waals surface area (Å²) in [6, 6.07) is 13.0. The number of benzene rings is 2. The Hall–Kier alpha value is -4.45. The molecule has 0 unspecified atom stereocenters. The number of carbonyl (C=O) groups is 4. The van der Waals surface area contributed by atoms with Gasteiger partial charge in [-0.3, -0.25) is 28.7 Å². The quantitative estimate of drug-likeness (QED) is 0.223. The Morgan fingerprint density at radius 1 is 1.13 bits per heavy atom. The van der Waals surface area contributed by atoms with E-state index in [2.05, 4.69) is 20.0 Å². The Kier molecular flexibility index (Phi) is 9.98. The van der Waals surface area contributed by atoms with E-state index in [1.54, 1.807) is 24.3 Å². The molecular weight excluding hydrogens is 532 g/mol. The van der Waals surface area contributed by atoms with Crippen molar-refractivity contribution in [2.75, 3.05) is 22.6 Å². The van der Waals surface area contributed by atoms with Gasteiger partial charge in [-0.1, -0.05) is 22.9 Å². The van der Waals surface area contributed by atoms with Crippen LogP contribution in [0, 0.1) is 12.8 Å². The van der Waals surface area contributed by atoms with Crippen LogP contribution in [-0.2, 0) is 23.9 Å². The van der Waals surface area contributed by atoms with Gasteiger partial charge < -0.3 is 20.1 Å². The summed E-state index contributed by atoms with van der Waals surface area (Å²) in [5.41, 5.74) is 2.17. The number of esters is 1. The maximum Gasteiger partial charge on any atom is 0.439 e. The number of amides is 2.